The van der Waals surface area contributed by atoms with Crippen LogP contribution in [-0.4, -0.2) is 53.7 Å². The molecule has 1 fully saturated rings. The second-order valence-electron chi connectivity index (χ2n) is 6.73. The van der Waals surface area contributed by atoms with Crippen molar-refractivity contribution in [3.8, 4) is 11.5 Å². The Balaban J connectivity index is 1.91. The van der Waals surface area contributed by atoms with E-state index in [0.29, 0.717) is 5.75 Å². The zero-order valence-corrected chi connectivity index (χ0v) is 17.8. The fourth-order valence-corrected chi connectivity index (χ4v) is 7.53. The van der Waals surface area contributed by atoms with Gasteiger partial charge in [-0.05, 0) is 36.8 Å². The molecule has 1 amide bonds. The number of hydrogen-bond acceptors (Lipinski definition) is 7. The largest absolute Gasteiger partial charge is 0.497 e. The molecule has 11 heteroatoms. The Morgan fingerprint density at radius 3 is 2.47 bits per heavy atom. The highest BCUT2D eigenvalue weighted by molar-refractivity contribution is 7.96. The van der Waals surface area contributed by atoms with E-state index in [1.165, 1.54) is 26.4 Å². The summed E-state index contributed by atoms with van der Waals surface area (Å²) in [6.45, 7) is 0. The Bertz CT molecular complexity index is 1190. The van der Waals surface area contributed by atoms with Gasteiger partial charge in [0.1, 0.15) is 17.3 Å². The maximum atomic E-state index is 14.3. The summed E-state index contributed by atoms with van der Waals surface area (Å²) in [5, 5.41) is 1.36. The lowest BCUT2D eigenvalue weighted by atomic mass is 10.2. The number of halogens is 1. The number of carbonyl (C=O) groups is 1. The molecule has 1 aliphatic rings. The van der Waals surface area contributed by atoms with Crippen LogP contribution < -0.4 is 14.8 Å². The number of sulfone groups is 2. The highest BCUT2D eigenvalue weighted by Crippen LogP contribution is 2.30. The van der Waals surface area contributed by atoms with E-state index >= 15 is 0 Å². The summed E-state index contributed by atoms with van der Waals surface area (Å²) in [6.07, 6.45) is -0.0351. The fraction of sp³-hybridized carbons (Fsp3) is 0.316. The van der Waals surface area contributed by atoms with Crippen molar-refractivity contribution >= 4 is 31.3 Å². The van der Waals surface area contributed by atoms with E-state index in [1.54, 1.807) is 6.07 Å². The van der Waals surface area contributed by atoms with Gasteiger partial charge in [-0.15, -0.1) is 0 Å². The number of nitrogens with one attached hydrogen (secondary N) is 1. The van der Waals surface area contributed by atoms with Crippen LogP contribution in [0.4, 0.5) is 10.1 Å². The van der Waals surface area contributed by atoms with E-state index in [1.807, 2.05) is 0 Å². The van der Waals surface area contributed by atoms with Crippen LogP contribution in [0.5, 0.6) is 11.5 Å². The summed E-state index contributed by atoms with van der Waals surface area (Å²) >= 11 is 0. The Morgan fingerprint density at radius 1 is 1.13 bits per heavy atom. The average Bonchev–Trinajstić information content (AvgIpc) is 3.08. The molecule has 0 spiro atoms. The smallest absolute Gasteiger partial charge is 0.258 e. The molecular weight excluding hydrogens is 437 g/mol. The topological polar surface area (TPSA) is 116 Å². The molecule has 1 N–H and O–H groups in total. The predicted octanol–water partition coefficient (Wildman–Crippen LogP) is 2.06. The predicted molar refractivity (Wildman–Crippen MR) is 108 cm³/mol. The molecule has 30 heavy (non-hydrogen) atoms. The molecule has 0 bridgehead atoms. The Morgan fingerprint density at radius 2 is 1.87 bits per heavy atom. The van der Waals surface area contributed by atoms with E-state index in [9.17, 15) is 26.0 Å². The van der Waals surface area contributed by atoms with E-state index in [4.69, 9.17) is 9.47 Å². The maximum Gasteiger partial charge on any atom is 0.258 e. The van der Waals surface area contributed by atoms with Gasteiger partial charge in [0.25, 0.3) is 5.91 Å². The first-order chi connectivity index (χ1) is 14.1. The van der Waals surface area contributed by atoms with Crippen LogP contribution in [0.25, 0.3) is 0 Å². The van der Waals surface area contributed by atoms with Crippen molar-refractivity contribution in [3.05, 3.63) is 47.8 Å². The fourth-order valence-electron chi connectivity index (χ4n) is 3.14. The van der Waals surface area contributed by atoms with Crippen LogP contribution in [-0.2, 0) is 19.7 Å². The molecule has 0 aromatic heterocycles. The number of ether oxygens (including phenoxy) is 2. The number of methoxy groups -OCH3 is 2. The van der Waals surface area contributed by atoms with Gasteiger partial charge < -0.3 is 14.8 Å². The minimum absolute atomic E-state index is 0.0351. The first-order valence-electron chi connectivity index (χ1n) is 8.84. The van der Waals surface area contributed by atoms with Crippen molar-refractivity contribution in [1.82, 2.24) is 0 Å². The number of hydrogen-bond donors (Lipinski definition) is 1. The molecule has 0 unspecified atom stereocenters. The van der Waals surface area contributed by atoms with Gasteiger partial charge in [0.2, 0.25) is 0 Å². The van der Waals surface area contributed by atoms with Crippen LogP contribution in [0.3, 0.4) is 0 Å². The molecule has 0 saturated carbocycles. The number of amides is 1. The summed E-state index contributed by atoms with van der Waals surface area (Å²) in [5.41, 5.74) is -0.257. The third-order valence-electron chi connectivity index (χ3n) is 4.80. The van der Waals surface area contributed by atoms with Gasteiger partial charge in [-0.1, -0.05) is 0 Å². The summed E-state index contributed by atoms with van der Waals surface area (Å²) in [4.78, 5) is 12.3. The monoisotopic (exact) mass is 457 g/mol. The third kappa shape index (κ3) is 4.41. The molecule has 162 valence electrons. The quantitative estimate of drug-likeness (QED) is 0.660. The molecule has 0 aliphatic carbocycles. The molecule has 1 saturated heterocycles. The second-order valence-corrected chi connectivity index (χ2v) is 11.2. The van der Waals surface area contributed by atoms with E-state index in [-0.39, 0.29) is 28.5 Å². The standard InChI is InChI=1S/C19H20FNO7S2/c1-27-12-3-6-17(18(9-12)28-2)21-19(22)15-10-13(4-5-16(15)20)30(25,26)14-7-8-29(23,24)11-14/h3-6,9-10,14H,7-8,11H2,1-2H3,(H,21,22)/t14-/m1/s1. The van der Waals surface area contributed by atoms with Crippen LogP contribution >= 0.6 is 0 Å². The Hall–Kier alpha value is -2.66. The van der Waals surface area contributed by atoms with Gasteiger partial charge in [-0.3, -0.25) is 4.79 Å². The molecule has 3 rings (SSSR count). The molecular formula is C19H20FNO7S2. The maximum absolute atomic E-state index is 14.3. The van der Waals surface area contributed by atoms with E-state index < -0.39 is 48.0 Å². The molecule has 1 aliphatic heterocycles. The lowest BCUT2D eigenvalue weighted by molar-refractivity contribution is 0.102. The number of anilines is 1. The van der Waals surface area contributed by atoms with Gasteiger partial charge in [-0.2, -0.15) is 0 Å². The first kappa shape index (κ1) is 22.0. The normalized spacial score (nSPS) is 18.0. The van der Waals surface area contributed by atoms with Gasteiger partial charge in [0.05, 0.1) is 47.1 Å². The summed E-state index contributed by atoms with van der Waals surface area (Å²) in [6, 6.07) is 7.40. The van der Waals surface area contributed by atoms with Crippen molar-refractivity contribution in [2.24, 2.45) is 0 Å². The Kier molecular flexibility index (Phi) is 6.04. The lowest BCUT2D eigenvalue weighted by Crippen LogP contribution is -2.23. The number of rotatable bonds is 6. The van der Waals surface area contributed by atoms with Crippen LogP contribution in [0, 0.1) is 5.82 Å². The summed E-state index contributed by atoms with van der Waals surface area (Å²) in [5.74, 6) is -1.76. The zero-order chi connectivity index (χ0) is 22.1. The minimum Gasteiger partial charge on any atom is -0.497 e. The average molecular weight is 458 g/mol. The molecule has 1 atom stereocenters. The van der Waals surface area contributed by atoms with Gasteiger partial charge >= 0.3 is 0 Å². The van der Waals surface area contributed by atoms with Crippen molar-refractivity contribution in [2.75, 3.05) is 31.0 Å². The van der Waals surface area contributed by atoms with Crippen LogP contribution in [0.1, 0.15) is 16.8 Å². The lowest BCUT2D eigenvalue weighted by Gasteiger charge is -2.14. The Labute approximate surface area is 173 Å². The molecule has 8 nitrogen and oxygen atoms in total. The highest BCUT2D eigenvalue weighted by atomic mass is 32.2. The molecule has 2 aromatic carbocycles. The SMILES string of the molecule is COc1ccc(NC(=O)c2cc(S(=O)(=O)[C@@H]3CCS(=O)(=O)C3)ccc2F)c(OC)c1. The minimum atomic E-state index is -4.04. The van der Waals surface area contributed by atoms with Crippen molar-refractivity contribution in [3.63, 3.8) is 0 Å². The summed E-state index contributed by atoms with van der Waals surface area (Å²) < 4.78 is 73.4. The van der Waals surface area contributed by atoms with Gasteiger partial charge in [-0.25, -0.2) is 21.2 Å². The van der Waals surface area contributed by atoms with Crippen molar-refractivity contribution < 1.29 is 35.5 Å². The van der Waals surface area contributed by atoms with E-state index in [2.05, 4.69) is 5.32 Å². The third-order valence-corrected chi connectivity index (χ3v) is 8.97. The van der Waals surface area contributed by atoms with E-state index in [0.717, 1.165) is 18.2 Å². The first-order valence-corrected chi connectivity index (χ1v) is 12.2. The van der Waals surface area contributed by atoms with Crippen molar-refractivity contribution in [2.45, 2.75) is 16.6 Å². The number of carbonyl (C=O) groups excluding carboxylic acids is 1. The summed E-state index contributed by atoms with van der Waals surface area (Å²) in [7, 11) is -4.63. The number of benzene rings is 2. The van der Waals surface area contributed by atoms with Gasteiger partial charge in [0, 0.05) is 6.07 Å². The molecule has 2 aromatic rings. The van der Waals surface area contributed by atoms with Crippen LogP contribution in [0.15, 0.2) is 41.3 Å². The highest BCUT2D eigenvalue weighted by Gasteiger charge is 2.38. The molecule has 1 heterocycles. The van der Waals surface area contributed by atoms with Gasteiger partial charge in [0.15, 0.2) is 19.7 Å². The second kappa shape index (κ2) is 8.23. The molecule has 0 radical (unpaired) electrons. The zero-order valence-electron chi connectivity index (χ0n) is 16.2. The van der Waals surface area contributed by atoms with Crippen LogP contribution in [0.2, 0.25) is 0 Å². The van der Waals surface area contributed by atoms with Crippen molar-refractivity contribution in [1.29, 1.82) is 0 Å².